The Morgan fingerprint density at radius 1 is 1.04 bits per heavy atom. The van der Waals surface area contributed by atoms with Gasteiger partial charge in [0, 0.05) is 29.8 Å². The highest BCUT2D eigenvalue weighted by Crippen LogP contribution is 2.17. The van der Waals surface area contributed by atoms with Gasteiger partial charge in [0.15, 0.2) is 5.78 Å². The molecule has 23 heavy (non-hydrogen) atoms. The number of hydrogen-bond donors (Lipinski definition) is 1. The summed E-state index contributed by atoms with van der Waals surface area (Å²) >= 11 is 0. The van der Waals surface area contributed by atoms with Crippen LogP contribution in [-0.4, -0.2) is 22.5 Å². The predicted octanol–water partition coefficient (Wildman–Crippen LogP) is 3.59. The zero-order chi connectivity index (χ0) is 16.1. The van der Waals surface area contributed by atoms with Gasteiger partial charge in [-0.1, -0.05) is 18.2 Å². The molecule has 1 N–H and O–H groups in total. The average Bonchev–Trinajstić information content (AvgIpc) is 3.05. The van der Waals surface area contributed by atoms with E-state index in [1.807, 2.05) is 54.6 Å². The first kappa shape index (κ1) is 15.0. The number of carbonyl (C=O) groups excluding carboxylic acids is 1. The topological polar surface area (TPSA) is 68.0 Å². The molecule has 1 aromatic heterocycles. The van der Waals surface area contributed by atoms with Crippen LogP contribution in [0.1, 0.15) is 23.2 Å². The SMILES string of the molecule is CC(=O)c1ccc(NCCc2nnc(-c3ccccc3)o2)cc1. The van der Waals surface area contributed by atoms with Crippen molar-refractivity contribution in [2.75, 3.05) is 11.9 Å². The summed E-state index contributed by atoms with van der Waals surface area (Å²) in [5.74, 6) is 1.19. The molecule has 116 valence electrons. The van der Waals surface area contributed by atoms with Crippen LogP contribution in [0.25, 0.3) is 11.5 Å². The second-order valence-electron chi connectivity index (χ2n) is 5.18. The molecule has 0 saturated heterocycles. The molecule has 5 heteroatoms. The molecule has 0 saturated carbocycles. The molecule has 2 aromatic carbocycles. The Balaban J connectivity index is 1.55. The van der Waals surface area contributed by atoms with Gasteiger partial charge in [0.05, 0.1) is 0 Å². The average molecular weight is 307 g/mol. The number of Topliss-reactive ketones (excluding diaryl/α,β-unsaturated/α-hetero) is 1. The van der Waals surface area contributed by atoms with Gasteiger partial charge in [-0.25, -0.2) is 0 Å². The Hall–Kier alpha value is -2.95. The molecule has 0 unspecified atom stereocenters. The maximum Gasteiger partial charge on any atom is 0.247 e. The fourth-order valence-electron chi connectivity index (χ4n) is 2.19. The number of carbonyl (C=O) groups is 1. The summed E-state index contributed by atoms with van der Waals surface area (Å²) in [5, 5.41) is 11.4. The van der Waals surface area contributed by atoms with Crippen molar-refractivity contribution in [3.63, 3.8) is 0 Å². The molecule has 0 amide bonds. The minimum atomic E-state index is 0.0656. The molecule has 0 bridgehead atoms. The first-order valence-electron chi connectivity index (χ1n) is 7.45. The second-order valence-corrected chi connectivity index (χ2v) is 5.18. The summed E-state index contributed by atoms with van der Waals surface area (Å²) in [7, 11) is 0. The van der Waals surface area contributed by atoms with E-state index >= 15 is 0 Å². The number of ketones is 1. The van der Waals surface area contributed by atoms with Gasteiger partial charge in [0.25, 0.3) is 0 Å². The summed E-state index contributed by atoms with van der Waals surface area (Å²) < 4.78 is 5.65. The van der Waals surface area contributed by atoms with E-state index in [1.54, 1.807) is 6.92 Å². The van der Waals surface area contributed by atoms with Crippen LogP contribution in [0.2, 0.25) is 0 Å². The smallest absolute Gasteiger partial charge is 0.247 e. The Morgan fingerprint density at radius 3 is 2.48 bits per heavy atom. The van der Waals surface area contributed by atoms with E-state index < -0.39 is 0 Å². The maximum atomic E-state index is 11.2. The molecule has 3 aromatic rings. The van der Waals surface area contributed by atoms with E-state index in [0.717, 1.165) is 11.3 Å². The Morgan fingerprint density at radius 2 is 1.78 bits per heavy atom. The van der Waals surface area contributed by atoms with E-state index in [2.05, 4.69) is 15.5 Å². The van der Waals surface area contributed by atoms with Crippen molar-refractivity contribution in [3.05, 3.63) is 66.1 Å². The normalized spacial score (nSPS) is 10.5. The van der Waals surface area contributed by atoms with Crippen LogP contribution in [0.3, 0.4) is 0 Å². The summed E-state index contributed by atoms with van der Waals surface area (Å²) in [6.45, 7) is 2.23. The fourth-order valence-corrected chi connectivity index (χ4v) is 2.19. The molecular weight excluding hydrogens is 290 g/mol. The minimum Gasteiger partial charge on any atom is -0.421 e. The van der Waals surface area contributed by atoms with Crippen molar-refractivity contribution in [1.29, 1.82) is 0 Å². The van der Waals surface area contributed by atoms with Crippen molar-refractivity contribution in [2.45, 2.75) is 13.3 Å². The molecule has 0 atom stereocenters. The standard InChI is InChI=1S/C18H17N3O2/c1-13(22)14-7-9-16(10-8-14)19-12-11-17-20-21-18(23-17)15-5-3-2-4-6-15/h2-10,19H,11-12H2,1H3. The van der Waals surface area contributed by atoms with Crippen LogP contribution in [0.5, 0.6) is 0 Å². The Kier molecular flexibility index (Phi) is 4.47. The maximum absolute atomic E-state index is 11.2. The second kappa shape index (κ2) is 6.87. The molecule has 3 rings (SSSR count). The predicted molar refractivity (Wildman–Crippen MR) is 88.4 cm³/mol. The summed E-state index contributed by atoms with van der Waals surface area (Å²) in [6.07, 6.45) is 0.633. The van der Waals surface area contributed by atoms with Gasteiger partial charge in [0.1, 0.15) is 0 Å². The molecule has 0 aliphatic heterocycles. The number of benzene rings is 2. The molecule has 0 fully saturated rings. The lowest BCUT2D eigenvalue weighted by Gasteiger charge is -2.05. The fraction of sp³-hybridized carbons (Fsp3) is 0.167. The van der Waals surface area contributed by atoms with E-state index in [9.17, 15) is 4.79 Å². The highest BCUT2D eigenvalue weighted by Gasteiger charge is 2.07. The zero-order valence-corrected chi connectivity index (χ0v) is 12.8. The largest absolute Gasteiger partial charge is 0.421 e. The van der Waals surface area contributed by atoms with E-state index in [1.165, 1.54) is 0 Å². The van der Waals surface area contributed by atoms with Crippen LogP contribution < -0.4 is 5.32 Å². The van der Waals surface area contributed by atoms with Crippen molar-refractivity contribution in [2.24, 2.45) is 0 Å². The van der Waals surface area contributed by atoms with Crippen molar-refractivity contribution in [1.82, 2.24) is 10.2 Å². The lowest BCUT2D eigenvalue weighted by molar-refractivity contribution is 0.101. The third kappa shape index (κ3) is 3.83. The monoisotopic (exact) mass is 307 g/mol. The van der Waals surface area contributed by atoms with E-state index in [4.69, 9.17) is 4.42 Å². The third-order valence-electron chi connectivity index (χ3n) is 3.45. The lowest BCUT2D eigenvalue weighted by atomic mass is 10.1. The summed E-state index contributed by atoms with van der Waals surface area (Å²) in [5.41, 5.74) is 2.58. The Labute approximate surface area is 134 Å². The lowest BCUT2D eigenvalue weighted by Crippen LogP contribution is -2.05. The molecule has 0 aliphatic carbocycles. The molecular formula is C18H17N3O2. The van der Waals surface area contributed by atoms with Crippen molar-refractivity contribution >= 4 is 11.5 Å². The van der Waals surface area contributed by atoms with Crippen molar-refractivity contribution in [3.8, 4) is 11.5 Å². The van der Waals surface area contributed by atoms with Crippen LogP contribution in [0.15, 0.2) is 59.0 Å². The summed E-state index contributed by atoms with van der Waals surface area (Å²) in [4.78, 5) is 11.2. The molecule has 0 spiro atoms. The molecule has 0 radical (unpaired) electrons. The Bertz CT molecular complexity index is 780. The van der Waals surface area contributed by atoms with Gasteiger partial charge < -0.3 is 9.73 Å². The van der Waals surface area contributed by atoms with Gasteiger partial charge in [-0.2, -0.15) is 0 Å². The van der Waals surface area contributed by atoms with Gasteiger partial charge in [-0.05, 0) is 43.3 Å². The first-order chi connectivity index (χ1) is 11.2. The number of nitrogens with zero attached hydrogens (tertiary/aromatic N) is 2. The van der Waals surface area contributed by atoms with Gasteiger partial charge in [-0.3, -0.25) is 4.79 Å². The molecule has 5 nitrogen and oxygen atoms in total. The van der Waals surface area contributed by atoms with Crippen molar-refractivity contribution < 1.29 is 9.21 Å². The van der Waals surface area contributed by atoms with E-state index in [0.29, 0.717) is 30.3 Å². The third-order valence-corrected chi connectivity index (χ3v) is 3.45. The number of aromatic nitrogens is 2. The number of nitrogens with one attached hydrogen (secondary N) is 1. The molecule has 0 aliphatic rings. The summed E-state index contributed by atoms with van der Waals surface area (Å²) in [6, 6.07) is 17.1. The zero-order valence-electron chi connectivity index (χ0n) is 12.8. The quantitative estimate of drug-likeness (QED) is 0.705. The number of rotatable bonds is 6. The highest BCUT2D eigenvalue weighted by molar-refractivity contribution is 5.94. The first-order valence-corrected chi connectivity index (χ1v) is 7.45. The van der Waals surface area contributed by atoms with E-state index in [-0.39, 0.29) is 5.78 Å². The minimum absolute atomic E-state index is 0.0656. The number of hydrogen-bond acceptors (Lipinski definition) is 5. The number of anilines is 1. The highest BCUT2D eigenvalue weighted by atomic mass is 16.4. The van der Waals surface area contributed by atoms with Gasteiger partial charge in [0.2, 0.25) is 11.8 Å². The van der Waals surface area contributed by atoms with Crippen LogP contribution in [0, 0.1) is 0 Å². The molecule has 1 heterocycles. The van der Waals surface area contributed by atoms with Gasteiger partial charge in [-0.15, -0.1) is 10.2 Å². The van der Waals surface area contributed by atoms with Crippen LogP contribution in [-0.2, 0) is 6.42 Å². The van der Waals surface area contributed by atoms with Crippen LogP contribution >= 0.6 is 0 Å². The van der Waals surface area contributed by atoms with Gasteiger partial charge >= 0.3 is 0 Å². The van der Waals surface area contributed by atoms with Crippen LogP contribution in [0.4, 0.5) is 5.69 Å².